The first-order valence-corrected chi connectivity index (χ1v) is 12.6. The molecule has 2 aromatic rings. The van der Waals surface area contributed by atoms with Gasteiger partial charge in [-0.3, -0.25) is 0 Å². The summed E-state index contributed by atoms with van der Waals surface area (Å²) in [4.78, 5) is 5.22. The van der Waals surface area contributed by atoms with E-state index in [1.807, 2.05) is 0 Å². The fraction of sp³-hybridized carbons (Fsp3) is 0.444. The van der Waals surface area contributed by atoms with Crippen LogP contribution in [0.1, 0.15) is 40.5 Å². The van der Waals surface area contributed by atoms with Crippen molar-refractivity contribution >= 4 is 24.4 Å². The van der Waals surface area contributed by atoms with Gasteiger partial charge in [0.05, 0.1) is 11.5 Å². The Morgan fingerprint density at radius 3 is 2.07 bits per heavy atom. The Morgan fingerprint density at radius 1 is 0.967 bits per heavy atom. The maximum atomic E-state index is 6.44. The van der Waals surface area contributed by atoms with Gasteiger partial charge in [-0.2, -0.15) is 0 Å². The van der Waals surface area contributed by atoms with Crippen molar-refractivity contribution in [3.05, 3.63) is 72.1 Å². The van der Waals surface area contributed by atoms with Crippen LogP contribution in [-0.4, -0.2) is 18.5 Å². The van der Waals surface area contributed by atoms with Crippen molar-refractivity contribution in [3.63, 3.8) is 0 Å². The monoisotopic (exact) mass is 417 g/mol. The van der Waals surface area contributed by atoms with E-state index in [9.17, 15) is 0 Å². The Hall–Kier alpha value is -1.92. The minimum absolute atomic E-state index is 0.0846. The third kappa shape index (κ3) is 2.83. The Kier molecular flexibility index (Phi) is 4.90. The Bertz CT molecular complexity index is 939. The van der Waals surface area contributed by atoms with Gasteiger partial charge in [0.1, 0.15) is 6.61 Å². The summed E-state index contributed by atoms with van der Waals surface area (Å²) in [6.45, 7) is 10.1. The van der Waals surface area contributed by atoms with Crippen molar-refractivity contribution in [1.82, 2.24) is 0 Å². The van der Waals surface area contributed by atoms with Crippen LogP contribution >= 0.6 is 7.92 Å². The molecule has 1 saturated carbocycles. The predicted octanol–water partition coefficient (Wildman–Crippen LogP) is 5.89. The molecule has 30 heavy (non-hydrogen) atoms. The maximum Gasteiger partial charge on any atom is 0.195 e. The van der Waals surface area contributed by atoms with Crippen molar-refractivity contribution in [2.24, 2.45) is 27.7 Å². The van der Waals surface area contributed by atoms with Crippen LogP contribution < -0.4 is 10.6 Å². The van der Waals surface area contributed by atoms with Gasteiger partial charge >= 0.3 is 0 Å². The summed E-state index contributed by atoms with van der Waals surface area (Å²) >= 11 is 0. The van der Waals surface area contributed by atoms with Crippen LogP contribution in [0, 0.1) is 22.7 Å². The van der Waals surface area contributed by atoms with Gasteiger partial charge in [-0.1, -0.05) is 94.4 Å². The van der Waals surface area contributed by atoms with E-state index in [4.69, 9.17) is 9.73 Å². The molecule has 2 nitrogen and oxygen atoms in total. The van der Waals surface area contributed by atoms with Crippen molar-refractivity contribution in [3.8, 4) is 0 Å². The molecule has 3 aliphatic rings. The first-order valence-electron chi connectivity index (χ1n) is 11.3. The van der Waals surface area contributed by atoms with E-state index in [-0.39, 0.29) is 16.9 Å². The molecule has 1 fully saturated rings. The molecule has 5 rings (SSSR count). The molecule has 3 unspecified atom stereocenters. The lowest BCUT2D eigenvalue weighted by Gasteiger charge is -2.42. The second kappa shape index (κ2) is 7.34. The van der Waals surface area contributed by atoms with Crippen LogP contribution in [-0.2, 0) is 4.74 Å². The summed E-state index contributed by atoms with van der Waals surface area (Å²) < 4.78 is 6.44. The summed E-state index contributed by atoms with van der Waals surface area (Å²) in [6.07, 6.45) is 5.00. The largest absolute Gasteiger partial charge is 0.478 e. The number of aliphatic imine (C=N–C) groups is 1. The predicted molar refractivity (Wildman–Crippen MR) is 128 cm³/mol. The topological polar surface area (TPSA) is 21.6 Å². The molecular weight excluding hydrogens is 385 g/mol. The Labute approximate surface area is 182 Å². The lowest BCUT2D eigenvalue weighted by Crippen LogP contribution is -2.42. The molecule has 1 aliphatic heterocycles. The summed E-state index contributed by atoms with van der Waals surface area (Å²) in [5.41, 5.74) is 0.0515. The van der Waals surface area contributed by atoms with E-state index in [0.29, 0.717) is 11.8 Å². The van der Waals surface area contributed by atoms with Crippen LogP contribution in [0.2, 0.25) is 0 Å². The number of nitrogens with zero attached hydrogens (tertiary/aromatic N) is 1. The molecule has 1 heterocycles. The van der Waals surface area contributed by atoms with Crippen molar-refractivity contribution < 1.29 is 4.74 Å². The number of benzene rings is 2. The molecule has 3 atom stereocenters. The minimum Gasteiger partial charge on any atom is -0.478 e. The van der Waals surface area contributed by atoms with Crippen LogP contribution in [0.5, 0.6) is 0 Å². The molecule has 2 aromatic carbocycles. The molecule has 3 heteroatoms. The highest BCUT2D eigenvalue weighted by Crippen LogP contribution is 2.72. The third-order valence-corrected chi connectivity index (χ3v) is 10.4. The number of rotatable bonds is 5. The second-order valence-corrected chi connectivity index (χ2v) is 12.1. The van der Waals surface area contributed by atoms with Crippen LogP contribution in [0.4, 0.5) is 0 Å². The van der Waals surface area contributed by atoms with E-state index in [1.54, 1.807) is 5.31 Å². The highest BCUT2D eigenvalue weighted by Gasteiger charge is 2.65. The number of ether oxygens (including phenoxy) is 1. The lowest BCUT2D eigenvalue weighted by atomic mass is 9.68. The molecule has 0 amide bonds. The Balaban J connectivity index is 1.68. The lowest BCUT2D eigenvalue weighted by molar-refractivity contribution is 0.182. The number of hydrogen-bond donors (Lipinski definition) is 0. The van der Waals surface area contributed by atoms with E-state index in [2.05, 4.69) is 94.4 Å². The fourth-order valence-corrected chi connectivity index (χ4v) is 8.76. The van der Waals surface area contributed by atoms with Gasteiger partial charge in [0.2, 0.25) is 0 Å². The van der Waals surface area contributed by atoms with Gasteiger partial charge in [-0.15, -0.1) is 0 Å². The van der Waals surface area contributed by atoms with E-state index in [1.165, 1.54) is 17.0 Å². The van der Waals surface area contributed by atoms with Crippen molar-refractivity contribution in [1.29, 1.82) is 0 Å². The normalized spacial score (nSPS) is 29.3. The smallest absolute Gasteiger partial charge is 0.195 e. The molecule has 2 aliphatic carbocycles. The highest BCUT2D eigenvalue weighted by atomic mass is 31.1. The molecule has 0 radical (unpaired) electrons. The summed E-state index contributed by atoms with van der Waals surface area (Å²) in [7, 11) is -0.619. The van der Waals surface area contributed by atoms with Gasteiger partial charge in [0.15, 0.2) is 5.90 Å². The van der Waals surface area contributed by atoms with Gasteiger partial charge in [-0.05, 0) is 53.9 Å². The molecule has 2 bridgehead atoms. The Morgan fingerprint density at radius 2 is 1.57 bits per heavy atom. The average Bonchev–Trinajstić information content (AvgIpc) is 3.40. The van der Waals surface area contributed by atoms with Crippen LogP contribution in [0.25, 0.3) is 0 Å². The second-order valence-electron chi connectivity index (χ2n) is 9.89. The van der Waals surface area contributed by atoms with Crippen molar-refractivity contribution in [2.45, 2.75) is 46.6 Å². The average molecular weight is 418 g/mol. The van der Waals surface area contributed by atoms with E-state index < -0.39 is 7.92 Å². The van der Waals surface area contributed by atoms with Gasteiger partial charge < -0.3 is 4.74 Å². The summed E-state index contributed by atoms with van der Waals surface area (Å²) in [5.74, 6) is 2.13. The highest BCUT2D eigenvalue weighted by molar-refractivity contribution is 7.76. The molecule has 0 aromatic heterocycles. The molecule has 156 valence electrons. The summed E-state index contributed by atoms with van der Waals surface area (Å²) in [6, 6.07) is 22.5. The van der Waals surface area contributed by atoms with Crippen LogP contribution in [0.3, 0.4) is 0 Å². The zero-order valence-corrected chi connectivity index (χ0v) is 19.4. The molecule has 0 N–H and O–H groups in total. The molecule has 0 spiro atoms. The minimum atomic E-state index is -0.619. The van der Waals surface area contributed by atoms with Gasteiger partial charge in [-0.25, -0.2) is 4.99 Å². The zero-order valence-electron chi connectivity index (χ0n) is 18.5. The third-order valence-electron chi connectivity index (χ3n) is 7.73. The van der Waals surface area contributed by atoms with Crippen LogP contribution in [0.15, 0.2) is 77.0 Å². The molecular formula is C27H32NOP. The van der Waals surface area contributed by atoms with Gasteiger partial charge in [0.25, 0.3) is 0 Å². The first-order chi connectivity index (χ1) is 14.4. The first kappa shape index (κ1) is 20.0. The number of fused-ring (bicyclic) bond motifs is 2. The number of allylic oxidation sites excluding steroid dienone is 1. The SMILES string of the molecule is CC(C)C1COC(C23CCC(C=C2P(c2ccccc2)c2ccccc2)C3(C)C)=N1. The molecule has 0 saturated heterocycles. The summed E-state index contributed by atoms with van der Waals surface area (Å²) in [5, 5.41) is 4.41. The zero-order chi connectivity index (χ0) is 20.9. The van der Waals surface area contributed by atoms with Gasteiger partial charge in [0, 0.05) is 0 Å². The van der Waals surface area contributed by atoms with Crippen molar-refractivity contribution in [2.75, 3.05) is 6.61 Å². The quantitative estimate of drug-likeness (QED) is 0.556. The fourth-order valence-electron chi connectivity index (χ4n) is 5.76. The maximum absolute atomic E-state index is 6.44. The van der Waals surface area contributed by atoms with E-state index >= 15 is 0 Å². The number of hydrogen-bond acceptors (Lipinski definition) is 2. The standard InChI is InChI=1S/C27H32NOP/c1-19(2)23-18-29-25(28-23)27-16-15-20(26(27,3)4)17-24(27)30(21-11-7-5-8-12-21)22-13-9-6-10-14-22/h5-14,17,19-20,23H,15-16,18H2,1-4H3. The van der Waals surface area contributed by atoms with E-state index in [0.717, 1.165) is 18.9 Å².